The minimum atomic E-state index is -1.85. The van der Waals surface area contributed by atoms with Gasteiger partial charge in [-0.25, -0.2) is 4.39 Å². The van der Waals surface area contributed by atoms with E-state index < -0.39 is 84.9 Å². The van der Waals surface area contributed by atoms with Gasteiger partial charge >= 0.3 is 14.2 Å². The number of allylic oxidation sites excluding steroid dienone is 2. The Morgan fingerprint density at radius 3 is 1.80 bits per heavy atom. The molecule has 7 rings (SSSR count). The van der Waals surface area contributed by atoms with Gasteiger partial charge in [-0.2, -0.15) is 0 Å². The average Bonchev–Trinajstić information content (AvgIpc) is 3.45. The first-order chi connectivity index (χ1) is 22.0. The van der Waals surface area contributed by atoms with E-state index in [4.69, 9.17) is 0 Å². The van der Waals surface area contributed by atoms with E-state index in [0.29, 0.717) is 5.57 Å². The van der Waals surface area contributed by atoms with Crippen LogP contribution < -0.4 is 20.7 Å². The Bertz CT molecular complexity index is 1850. The number of halogens is 1. The van der Waals surface area contributed by atoms with Crippen molar-refractivity contribution in [3.05, 3.63) is 89.8 Å². The zero-order valence-corrected chi connectivity index (χ0v) is 24.1. The van der Waals surface area contributed by atoms with Crippen LogP contribution in [0.15, 0.2) is 78.4 Å². The quantitative estimate of drug-likeness (QED) is 0.148. The van der Waals surface area contributed by atoms with Gasteiger partial charge in [0.2, 0.25) is 23.6 Å². The molecule has 46 heavy (non-hydrogen) atoms. The molecular weight excluding hydrogens is 597 g/mol. The Balaban J connectivity index is 1.33. The lowest BCUT2D eigenvalue weighted by molar-refractivity contribution is -0.126. The molecule has 11 nitrogen and oxygen atoms in total. The third-order valence-corrected chi connectivity index (χ3v) is 9.85. The van der Waals surface area contributed by atoms with E-state index >= 15 is 0 Å². The van der Waals surface area contributed by atoms with E-state index in [1.807, 2.05) is 0 Å². The summed E-state index contributed by atoms with van der Waals surface area (Å²) in [7, 11) is -3.68. The molecule has 2 saturated heterocycles. The number of nitrogens with zero attached hydrogens (tertiary/aromatic N) is 2. The number of phenols is 1. The molecule has 6 atom stereocenters. The van der Waals surface area contributed by atoms with E-state index in [1.165, 1.54) is 60.7 Å². The van der Waals surface area contributed by atoms with Gasteiger partial charge in [0.1, 0.15) is 0 Å². The molecule has 4 amide bonds. The minimum absolute atomic E-state index is 0.0237. The van der Waals surface area contributed by atoms with Gasteiger partial charge in [0.25, 0.3) is 0 Å². The third kappa shape index (κ3) is 4.43. The third-order valence-electron chi connectivity index (χ3n) is 9.85. The van der Waals surface area contributed by atoms with Crippen LogP contribution in [-0.2, 0) is 19.2 Å². The maximum absolute atomic E-state index is 14.8. The number of imide groups is 2. The molecule has 0 bridgehead atoms. The molecule has 2 aliphatic heterocycles. The average molecular weight is 624 g/mol. The van der Waals surface area contributed by atoms with Crippen LogP contribution in [0.1, 0.15) is 24.3 Å². The van der Waals surface area contributed by atoms with Gasteiger partial charge < -0.3 is 25.2 Å². The fourth-order valence-corrected chi connectivity index (χ4v) is 7.88. The van der Waals surface area contributed by atoms with E-state index in [2.05, 4.69) is 0 Å². The van der Waals surface area contributed by atoms with Crippen LogP contribution >= 0.6 is 0 Å². The van der Waals surface area contributed by atoms with Crippen molar-refractivity contribution in [1.29, 1.82) is 0 Å². The molecular formula is C32H27B2FN2O9. The van der Waals surface area contributed by atoms with Crippen LogP contribution in [0.25, 0.3) is 0 Å². The summed E-state index contributed by atoms with van der Waals surface area (Å²) in [6.45, 7) is 0. The maximum Gasteiger partial charge on any atom is 0.488 e. The van der Waals surface area contributed by atoms with Crippen molar-refractivity contribution in [3.8, 4) is 5.75 Å². The van der Waals surface area contributed by atoms with E-state index in [-0.39, 0.29) is 40.7 Å². The first-order valence-electron chi connectivity index (χ1n) is 14.8. The summed E-state index contributed by atoms with van der Waals surface area (Å²) in [5.74, 6) is -9.40. The molecule has 2 aliphatic carbocycles. The van der Waals surface area contributed by atoms with Gasteiger partial charge in [-0.15, -0.1) is 0 Å². The fourth-order valence-electron chi connectivity index (χ4n) is 7.88. The topological polar surface area (TPSA) is 176 Å². The number of hydrogen-bond acceptors (Lipinski definition) is 9. The van der Waals surface area contributed by atoms with Gasteiger partial charge in [-0.05, 0) is 60.0 Å². The Kier molecular flexibility index (Phi) is 7.20. The lowest BCUT2D eigenvalue weighted by Gasteiger charge is -2.44. The van der Waals surface area contributed by atoms with Gasteiger partial charge in [0.15, 0.2) is 11.6 Å². The SMILES string of the molecule is O=C1[C@H]2[C@H](CC=C3[C@H]2C[C@H]2C(=O)N(c4cccc(B(O)O)c4)C(=O)[C@H]2[C@H]3c2cccc(F)c2O)C(=O)N1c1cccc(B(O)O)c1. The highest BCUT2D eigenvalue weighted by molar-refractivity contribution is 6.59. The summed E-state index contributed by atoms with van der Waals surface area (Å²) < 4.78 is 14.8. The number of benzene rings is 3. The monoisotopic (exact) mass is 624 g/mol. The molecule has 3 aromatic rings. The van der Waals surface area contributed by atoms with Crippen LogP contribution in [0.4, 0.5) is 15.8 Å². The van der Waals surface area contributed by atoms with Crippen molar-refractivity contribution in [1.82, 2.24) is 0 Å². The zero-order chi connectivity index (χ0) is 32.6. The van der Waals surface area contributed by atoms with E-state index in [0.717, 1.165) is 15.9 Å². The highest BCUT2D eigenvalue weighted by Crippen LogP contribution is 2.59. The minimum Gasteiger partial charge on any atom is -0.505 e. The number of rotatable bonds is 5. The second-order valence-corrected chi connectivity index (χ2v) is 12.2. The van der Waals surface area contributed by atoms with E-state index in [1.54, 1.807) is 6.08 Å². The van der Waals surface area contributed by atoms with E-state index in [9.17, 15) is 48.8 Å². The predicted octanol–water partition coefficient (Wildman–Crippen LogP) is -0.0639. The first-order valence-corrected chi connectivity index (χ1v) is 14.8. The second-order valence-electron chi connectivity index (χ2n) is 12.2. The van der Waals surface area contributed by atoms with Crippen LogP contribution in [-0.4, -0.2) is 63.1 Å². The number of anilines is 2. The maximum atomic E-state index is 14.8. The van der Waals surface area contributed by atoms with Gasteiger partial charge in [-0.1, -0.05) is 48.0 Å². The smallest absolute Gasteiger partial charge is 0.488 e. The molecule has 3 fully saturated rings. The molecule has 3 aromatic carbocycles. The molecule has 0 aromatic heterocycles. The normalized spacial score (nSPS) is 26.9. The summed E-state index contributed by atoms with van der Waals surface area (Å²) >= 11 is 0. The summed E-state index contributed by atoms with van der Waals surface area (Å²) in [6.07, 6.45) is 1.89. The lowest BCUT2D eigenvalue weighted by atomic mass is 9.57. The van der Waals surface area contributed by atoms with Crippen LogP contribution in [0.2, 0.25) is 0 Å². The Morgan fingerprint density at radius 1 is 0.674 bits per heavy atom. The second kappa shape index (κ2) is 11.0. The van der Waals surface area contributed by atoms with Crippen LogP contribution in [0, 0.1) is 35.4 Å². The van der Waals surface area contributed by atoms with Crippen molar-refractivity contribution >= 4 is 60.2 Å². The molecule has 14 heteroatoms. The van der Waals surface area contributed by atoms with Crippen molar-refractivity contribution < 1.29 is 48.8 Å². The molecule has 0 unspecified atom stereocenters. The van der Waals surface area contributed by atoms with Crippen molar-refractivity contribution in [2.75, 3.05) is 9.80 Å². The summed E-state index contributed by atoms with van der Waals surface area (Å²) in [5.41, 5.74) is 1.03. The lowest BCUT2D eigenvalue weighted by Crippen LogP contribution is -2.43. The standard InChI is InChI=1S/C32H27B2FN2O9/c35-24-9-3-8-20(28(24)38)25-19-10-11-21-26(31(41)36(29(21)39)17-6-1-4-15(12-17)33(43)44)22(19)14-23-27(25)32(42)37(30(23)40)18-7-2-5-16(13-18)34(45)46/h1-10,12-13,21-23,25-27,38,43-46H,11,14H2/t21-,22+,23+,25+,26-,27+/m0/s1. The van der Waals surface area contributed by atoms with Gasteiger partial charge in [-0.3, -0.25) is 29.0 Å². The zero-order valence-electron chi connectivity index (χ0n) is 24.1. The molecule has 4 aliphatic rings. The highest BCUT2D eigenvalue weighted by Gasteiger charge is 2.62. The molecule has 1 saturated carbocycles. The van der Waals surface area contributed by atoms with Crippen LogP contribution in [0.3, 0.4) is 0 Å². The number of fused-ring (bicyclic) bond motifs is 4. The molecule has 0 radical (unpaired) electrons. The predicted molar refractivity (Wildman–Crippen MR) is 163 cm³/mol. The number of carbonyl (C=O) groups excluding carboxylic acids is 4. The van der Waals surface area contributed by atoms with Gasteiger partial charge in [0, 0.05) is 11.5 Å². The molecule has 5 N–H and O–H groups in total. The summed E-state index contributed by atoms with van der Waals surface area (Å²) in [5, 5.41) is 49.6. The Labute approximate surface area is 262 Å². The van der Waals surface area contributed by atoms with Crippen molar-refractivity contribution in [2.24, 2.45) is 29.6 Å². The number of aromatic hydroxyl groups is 1. The molecule has 0 spiro atoms. The fraction of sp³-hybridized carbons (Fsp3) is 0.250. The number of amides is 4. The number of phenolic OH excluding ortho intramolecular Hbond substituents is 1. The summed E-state index contributed by atoms with van der Waals surface area (Å²) in [4.78, 5) is 58.0. The first kappa shape index (κ1) is 30.1. The Morgan fingerprint density at radius 2 is 1.22 bits per heavy atom. The number of carbonyl (C=O) groups is 4. The number of hydrogen-bond donors (Lipinski definition) is 5. The highest BCUT2D eigenvalue weighted by atomic mass is 19.1. The molecule has 232 valence electrons. The van der Waals surface area contributed by atoms with Crippen LogP contribution in [0.5, 0.6) is 5.75 Å². The molecule has 2 heterocycles. The largest absolute Gasteiger partial charge is 0.505 e. The Hall–Kier alpha value is -4.62. The van der Waals surface area contributed by atoms with Gasteiger partial charge in [0.05, 0.1) is 35.0 Å². The number of para-hydroxylation sites is 1. The summed E-state index contributed by atoms with van der Waals surface area (Å²) in [6, 6.07) is 15.4. The van der Waals surface area contributed by atoms with Crippen molar-refractivity contribution in [2.45, 2.75) is 18.8 Å². The van der Waals surface area contributed by atoms with Crippen molar-refractivity contribution in [3.63, 3.8) is 0 Å².